The number of hydrogen-bond donors (Lipinski definition) is 1. The van der Waals surface area contributed by atoms with Crippen molar-refractivity contribution in [3.8, 4) is 11.6 Å². The van der Waals surface area contributed by atoms with Gasteiger partial charge in [0.05, 0.1) is 17.2 Å². The molecule has 1 amide bonds. The Morgan fingerprint density at radius 2 is 1.89 bits per heavy atom. The molecule has 0 saturated carbocycles. The molecule has 0 unspecified atom stereocenters. The monoisotopic (exact) mass is 372 g/mol. The smallest absolute Gasteiger partial charge is 0.260 e. The van der Waals surface area contributed by atoms with Crippen LogP contribution in [0.4, 0.5) is 0 Å². The van der Waals surface area contributed by atoms with Gasteiger partial charge in [-0.05, 0) is 43.7 Å². The van der Waals surface area contributed by atoms with Gasteiger partial charge in [0.25, 0.3) is 5.91 Å². The van der Waals surface area contributed by atoms with Gasteiger partial charge in [0.2, 0.25) is 0 Å². The molecular weight excluding hydrogens is 352 g/mol. The Balaban J connectivity index is 1.56. The lowest BCUT2D eigenvalue weighted by Gasteiger charge is -2.06. The number of rotatable bonds is 5. The lowest BCUT2D eigenvalue weighted by Crippen LogP contribution is -2.23. The van der Waals surface area contributed by atoms with Crippen LogP contribution in [0, 0.1) is 13.8 Å². The lowest BCUT2D eigenvalue weighted by atomic mass is 10.2. The second-order valence-corrected chi connectivity index (χ2v) is 6.62. The fraction of sp³-hybridized carbons (Fsp3) is 0.136. The summed E-state index contributed by atoms with van der Waals surface area (Å²) in [7, 11) is 0. The number of nitrogens with zero attached hydrogens (tertiary/aromatic N) is 3. The van der Waals surface area contributed by atoms with Crippen molar-refractivity contribution in [1.29, 1.82) is 0 Å². The molecule has 140 valence electrons. The van der Waals surface area contributed by atoms with E-state index in [0.717, 1.165) is 22.4 Å². The van der Waals surface area contributed by atoms with Gasteiger partial charge < -0.3 is 8.98 Å². The Morgan fingerprint density at radius 3 is 2.64 bits per heavy atom. The van der Waals surface area contributed by atoms with Crippen LogP contribution in [0.5, 0.6) is 0 Å². The average molecular weight is 372 g/mol. The van der Waals surface area contributed by atoms with Crippen molar-refractivity contribution in [2.45, 2.75) is 20.4 Å². The number of aryl methyl sites for hydroxylation is 2. The minimum Gasteiger partial charge on any atom is -0.458 e. The molecule has 2 aromatic heterocycles. The number of amides is 1. The van der Waals surface area contributed by atoms with Gasteiger partial charge in [0, 0.05) is 0 Å². The van der Waals surface area contributed by atoms with E-state index >= 15 is 0 Å². The van der Waals surface area contributed by atoms with Crippen LogP contribution in [-0.4, -0.2) is 21.7 Å². The van der Waals surface area contributed by atoms with E-state index in [1.807, 2.05) is 79.1 Å². The van der Waals surface area contributed by atoms with Crippen LogP contribution in [0.2, 0.25) is 0 Å². The van der Waals surface area contributed by atoms with E-state index in [0.29, 0.717) is 11.6 Å². The van der Waals surface area contributed by atoms with Gasteiger partial charge in [-0.15, -0.1) is 0 Å². The number of para-hydroxylation sites is 2. The summed E-state index contributed by atoms with van der Waals surface area (Å²) in [6.45, 7) is 3.99. The summed E-state index contributed by atoms with van der Waals surface area (Å²) in [6, 6.07) is 19.3. The van der Waals surface area contributed by atoms with Gasteiger partial charge in [-0.3, -0.25) is 4.79 Å². The molecule has 6 heteroatoms. The Kier molecular flexibility index (Phi) is 4.76. The molecule has 28 heavy (non-hydrogen) atoms. The zero-order valence-electron chi connectivity index (χ0n) is 15.7. The van der Waals surface area contributed by atoms with E-state index in [9.17, 15) is 4.79 Å². The van der Waals surface area contributed by atoms with Crippen molar-refractivity contribution in [3.63, 3.8) is 0 Å². The quantitative estimate of drug-likeness (QED) is 0.424. The van der Waals surface area contributed by atoms with E-state index in [1.54, 1.807) is 6.21 Å². The molecule has 0 radical (unpaired) electrons. The standard InChI is InChI=1S/C22H20N4O2/c1-15-7-10-17(11-8-15)13-23-25-21(27)14-26-19-6-4-3-5-18(19)24-22(26)20-12-9-16(2)28-20/h3-13H,14H2,1-2H3,(H,25,27)/b23-13+. The van der Waals surface area contributed by atoms with Gasteiger partial charge >= 0.3 is 0 Å². The predicted molar refractivity (Wildman–Crippen MR) is 109 cm³/mol. The molecule has 0 aliphatic carbocycles. The van der Waals surface area contributed by atoms with E-state index in [4.69, 9.17) is 4.42 Å². The summed E-state index contributed by atoms with van der Waals surface area (Å²) in [5.41, 5.74) is 6.35. The first-order valence-corrected chi connectivity index (χ1v) is 9.01. The summed E-state index contributed by atoms with van der Waals surface area (Å²) in [6.07, 6.45) is 1.63. The van der Waals surface area contributed by atoms with E-state index in [-0.39, 0.29) is 12.5 Å². The molecule has 2 aromatic carbocycles. The minimum atomic E-state index is -0.240. The third-order valence-electron chi connectivity index (χ3n) is 4.40. The summed E-state index contributed by atoms with van der Waals surface area (Å²) in [5, 5.41) is 4.06. The summed E-state index contributed by atoms with van der Waals surface area (Å²) >= 11 is 0. The highest BCUT2D eigenvalue weighted by Crippen LogP contribution is 2.26. The number of hydrazone groups is 1. The van der Waals surface area contributed by atoms with E-state index in [2.05, 4.69) is 15.5 Å². The van der Waals surface area contributed by atoms with Crippen molar-refractivity contribution in [1.82, 2.24) is 15.0 Å². The van der Waals surface area contributed by atoms with Crippen molar-refractivity contribution < 1.29 is 9.21 Å². The molecule has 0 saturated heterocycles. The zero-order valence-corrected chi connectivity index (χ0v) is 15.7. The van der Waals surface area contributed by atoms with Crippen molar-refractivity contribution >= 4 is 23.2 Å². The third-order valence-corrected chi connectivity index (χ3v) is 4.40. The van der Waals surface area contributed by atoms with Crippen LogP contribution in [0.3, 0.4) is 0 Å². The lowest BCUT2D eigenvalue weighted by molar-refractivity contribution is -0.121. The second-order valence-electron chi connectivity index (χ2n) is 6.62. The predicted octanol–water partition coefficient (Wildman–Crippen LogP) is 4.06. The molecule has 2 heterocycles. The average Bonchev–Trinajstić information content (AvgIpc) is 3.27. The minimum absolute atomic E-state index is 0.0842. The molecule has 0 bridgehead atoms. The maximum absolute atomic E-state index is 12.5. The normalized spacial score (nSPS) is 11.4. The number of aromatic nitrogens is 2. The van der Waals surface area contributed by atoms with Crippen LogP contribution in [0.1, 0.15) is 16.9 Å². The molecule has 6 nitrogen and oxygen atoms in total. The number of hydrogen-bond acceptors (Lipinski definition) is 4. The maximum Gasteiger partial charge on any atom is 0.260 e. The first-order valence-electron chi connectivity index (χ1n) is 9.01. The number of benzene rings is 2. The number of fused-ring (bicyclic) bond motifs is 1. The van der Waals surface area contributed by atoms with E-state index < -0.39 is 0 Å². The number of imidazole rings is 1. The first-order chi connectivity index (χ1) is 13.6. The third kappa shape index (κ3) is 3.71. The Hall–Kier alpha value is -3.67. The highest BCUT2D eigenvalue weighted by molar-refractivity contribution is 5.85. The number of nitrogens with one attached hydrogen (secondary N) is 1. The van der Waals surface area contributed by atoms with Gasteiger partial charge in [-0.2, -0.15) is 5.10 Å². The number of furan rings is 1. The highest BCUT2D eigenvalue weighted by Gasteiger charge is 2.17. The molecule has 0 atom stereocenters. The van der Waals surface area contributed by atoms with Gasteiger partial charge in [0.1, 0.15) is 12.3 Å². The molecule has 0 spiro atoms. The fourth-order valence-corrected chi connectivity index (χ4v) is 2.99. The molecule has 0 fully saturated rings. The van der Waals surface area contributed by atoms with Crippen molar-refractivity contribution in [2.24, 2.45) is 5.10 Å². The molecule has 4 rings (SSSR count). The number of carbonyl (C=O) groups is 1. The summed E-state index contributed by atoms with van der Waals surface area (Å²) in [4.78, 5) is 17.1. The summed E-state index contributed by atoms with van der Waals surface area (Å²) < 4.78 is 7.56. The van der Waals surface area contributed by atoms with Gasteiger partial charge in [-0.1, -0.05) is 42.0 Å². The van der Waals surface area contributed by atoms with E-state index in [1.165, 1.54) is 5.56 Å². The second kappa shape index (κ2) is 7.52. The SMILES string of the molecule is Cc1ccc(/C=N/NC(=O)Cn2c(-c3ccc(C)o3)nc3ccccc32)cc1. The Bertz CT molecular complexity index is 1150. The van der Waals surface area contributed by atoms with Crippen LogP contribution in [0.25, 0.3) is 22.6 Å². The zero-order chi connectivity index (χ0) is 19.5. The van der Waals surface area contributed by atoms with Crippen LogP contribution < -0.4 is 5.43 Å². The highest BCUT2D eigenvalue weighted by atomic mass is 16.3. The fourth-order valence-electron chi connectivity index (χ4n) is 2.99. The Labute approximate surface area is 162 Å². The van der Waals surface area contributed by atoms with Crippen LogP contribution in [0.15, 0.2) is 70.2 Å². The molecule has 0 aliphatic heterocycles. The molecule has 0 aliphatic rings. The maximum atomic E-state index is 12.5. The number of carbonyl (C=O) groups excluding carboxylic acids is 1. The van der Waals surface area contributed by atoms with Crippen molar-refractivity contribution in [2.75, 3.05) is 0 Å². The van der Waals surface area contributed by atoms with Crippen molar-refractivity contribution in [3.05, 3.63) is 77.6 Å². The first kappa shape index (κ1) is 17.7. The molecule has 1 N–H and O–H groups in total. The Morgan fingerprint density at radius 1 is 1.11 bits per heavy atom. The van der Waals surface area contributed by atoms with Gasteiger partial charge in [-0.25, -0.2) is 10.4 Å². The van der Waals surface area contributed by atoms with Gasteiger partial charge in [0.15, 0.2) is 11.6 Å². The van der Waals surface area contributed by atoms with Crippen LogP contribution >= 0.6 is 0 Å². The summed E-state index contributed by atoms with van der Waals surface area (Å²) in [5.74, 6) is 1.80. The largest absolute Gasteiger partial charge is 0.458 e. The molecular formula is C22H20N4O2. The molecule has 4 aromatic rings. The topological polar surface area (TPSA) is 72.4 Å². The van der Waals surface area contributed by atoms with Crippen LogP contribution in [-0.2, 0) is 11.3 Å².